The van der Waals surface area contributed by atoms with E-state index >= 15 is 0 Å². The van der Waals surface area contributed by atoms with Crippen molar-refractivity contribution in [2.24, 2.45) is 7.05 Å². The van der Waals surface area contributed by atoms with Gasteiger partial charge < -0.3 is 15.0 Å². The highest BCUT2D eigenvalue weighted by molar-refractivity contribution is 5.59. The van der Waals surface area contributed by atoms with E-state index in [9.17, 15) is 4.39 Å². The number of rotatable bonds is 2. The summed E-state index contributed by atoms with van der Waals surface area (Å²) >= 11 is 0. The van der Waals surface area contributed by atoms with Crippen molar-refractivity contribution in [2.45, 2.75) is 0 Å². The van der Waals surface area contributed by atoms with Gasteiger partial charge >= 0.3 is 0 Å². The van der Waals surface area contributed by atoms with E-state index in [0.717, 1.165) is 0 Å². The van der Waals surface area contributed by atoms with Crippen LogP contribution in [0.1, 0.15) is 0 Å². The van der Waals surface area contributed by atoms with Crippen LogP contribution in [0, 0.1) is 5.82 Å². The molecule has 4 nitrogen and oxygen atoms in total. The molecular formula is C11H12FN3O. The molecule has 1 heterocycles. The molecule has 0 aliphatic heterocycles. The van der Waals surface area contributed by atoms with Gasteiger partial charge in [-0.3, -0.25) is 0 Å². The van der Waals surface area contributed by atoms with Gasteiger partial charge in [0.1, 0.15) is 11.6 Å². The number of methoxy groups -OCH3 is 1. The summed E-state index contributed by atoms with van der Waals surface area (Å²) in [4.78, 5) is 4.11. The van der Waals surface area contributed by atoms with Crippen LogP contribution in [0.15, 0.2) is 24.4 Å². The zero-order chi connectivity index (χ0) is 11.7. The maximum Gasteiger partial charge on any atom is 0.165 e. The van der Waals surface area contributed by atoms with Crippen molar-refractivity contribution in [3.63, 3.8) is 0 Å². The van der Waals surface area contributed by atoms with Gasteiger partial charge in [0.15, 0.2) is 11.6 Å². The lowest BCUT2D eigenvalue weighted by Crippen LogP contribution is -1.98. The Morgan fingerprint density at radius 1 is 1.44 bits per heavy atom. The van der Waals surface area contributed by atoms with Gasteiger partial charge in [-0.25, -0.2) is 9.37 Å². The Morgan fingerprint density at radius 3 is 2.69 bits per heavy atom. The molecule has 2 aromatic rings. The predicted molar refractivity (Wildman–Crippen MR) is 59.6 cm³/mol. The molecule has 0 atom stereocenters. The number of nitrogens with two attached hydrogens (primary N) is 1. The molecule has 2 rings (SSSR count). The van der Waals surface area contributed by atoms with E-state index in [2.05, 4.69) is 4.98 Å². The summed E-state index contributed by atoms with van der Waals surface area (Å²) in [5.41, 5.74) is 6.32. The van der Waals surface area contributed by atoms with Crippen molar-refractivity contribution < 1.29 is 9.13 Å². The molecular weight excluding hydrogens is 209 g/mol. The topological polar surface area (TPSA) is 53.1 Å². The van der Waals surface area contributed by atoms with Gasteiger partial charge in [-0.05, 0) is 18.2 Å². The number of nitrogen functional groups attached to an aromatic ring is 1. The molecule has 84 valence electrons. The molecule has 0 aliphatic rings. The smallest absolute Gasteiger partial charge is 0.165 e. The van der Waals surface area contributed by atoms with Crippen LogP contribution in [0.3, 0.4) is 0 Å². The number of hydrogen-bond donors (Lipinski definition) is 1. The first-order chi connectivity index (χ1) is 7.63. The van der Waals surface area contributed by atoms with Gasteiger partial charge in [0, 0.05) is 12.6 Å². The van der Waals surface area contributed by atoms with Crippen LogP contribution in [-0.4, -0.2) is 16.7 Å². The van der Waals surface area contributed by atoms with Gasteiger partial charge in [0.2, 0.25) is 0 Å². The van der Waals surface area contributed by atoms with E-state index in [1.54, 1.807) is 23.7 Å². The Kier molecular flexibility index (Phi) is 2.52. The summed E-state index contributed by atoms with van der Waals surface area (Å²) in [6, 6.07) is 4.68. The molecule has 0 aliphatic carbocycles. The Bertz CT molecular complexity index is 522. The SMILES string of the molecule is COc1ccc(-c2ncc(N)n2C)cc1F. The number of imidazole rings is 1. The van der Waals surface area contributed by atoms with Crippen molar-refractivity contribution in [3.8, 4) is 17.1 Å². The number of anilines is 1. The van der Waals surface area contributed by atoms with Crippen LogP contribution in [0.25, 0.3) is 11.4 Å². The molecule has 5 heteroatoms. The van der Waals surface area contributed by atoms with Crippen molar-refractivity contribution in [3.05, 3.63) is 30.2 Å². The third-order valence-corrected chi connectivity index (χ3v) is 2.43. The van der Waals surface area contributed by atoms with Crippen LogP contribution in [0.2, 0.25) is 0 Å². The first kappa shape index (κ1) is 10.5. The lowest BCUT2D eigenvalue weighted by molar-refractivity contribution is 0.386. The second kappa shape index (κ2) is 3.84. The number of halogens is 1. The monoisotopic (exact) mass is 221 g/mol. The van der Waals surface area contributed by atoms with Gasteiger partial charge in [0.05, 0.1) is 13.3 Å². The van der Waals surface area contributed by atoms with Crippen LogP contribution >= 0.6 is 0 Å². The largest absolute Gasteiger partial charge is 0.494 e. The minimum absolute atomic E-state index is 0.214. The van der Waals surface area contributed by atoms with Crippen LogP contribution in [0.4, 0.5) is 10.2 Å². The zero-order valence-corrected chi connectivity index (χ0v) is 9.07. The normalized spacial score (nSPS) is 10.4. The lowest BCUT2D eigenvalue weighted by atomic mass is 10.2. The fourth-order valence-electron chi connectivity index (χ4n) is 1.50. The summed E-state index contributed by atoms with van der Waals surface area (Å²) in [6.07, 6.45) is 1.54. The second-order valence-electron chi connectivity index (χ2n) is 3.42. The van der Waals surface area contributed by atoms with Crippen molar-refractivity contribution in [1.29, 1.82) is 0 Å². The summed E-state index contributed by atoms with van der Waals surface area (Å²) in [7, 11) is 3.21. The standard InChI is InChI=1S/C11H12FN3O/c1-15-10(13)6-14-11(15)7-3-4-9(16-2)8(12)5-7/h3-6H,13H2,1-2H3. The molecule has 0 bridgehead atoms. The van der Waals surface area contributed by atoms with Crippen molar-refractivity contribution in [1.82, 2.24) is 9.55 Å². The van der Waals surface area contributed by atoms with Gasteiger partial charge in [-0.15, -0.1) is 0 Å². The molecule has 1 aromatic carbocycles. The van der Waals surface area contributed by atoms with E-state index in [1.165, 1.54) is 19.4 Å². The molecule has 0 unspecified atom stereocenters. The molecule has 0 radical (unpaired) electrons. The second-order valence-corrected chi connectivity index (χ2v) is 3.42. The zero-order valence-electron chi connectivity index (χ0n) is 9.07. The van der Waals surface area contributed by atoms with Gasteiger partial charge in [0.25, 0.3) is 0 Å². The van der Waals surface area contributed by atoms with Crippen LogP contribution < -0.4 is 10.5 Å². The molecule has 16 heavy (non-hydrogen) atoms. The Labute approximate surface area is 92.5 Å². The summed E-state index contributed by atoms with van der Waals surface area (Å²) in [5, 5.41) is 0. The minimum Gasteiger partial charge on any atom is -0.494 e. The Morgan fingerprint density at radius 2 is 2.19 bits per heavy atom. The van der Waals surface area contributed by atoms with E-state index < -0.39 is 5.82 Å². The minimum atomic E-state index is -0.415. The highest BCUT2D eigenvalue weighted by atomic mass is 19.1. The fourth-order valence-corrected chi connectivity index (χ4v) is 1.50. The van der Waals surface area contributed by atoms with Gasteiger partial charge in [-0.1, -0.05) is 0 Å². The average molecular weight is 221 g/mol. The third-order valence-electron chi connectivity index (χ3n) is 2.43. The van der Waals surface area contributed by atoms with Crippen molar-refractivity contribution in [2.75, 3.05) is 12.8 Å². The molecule has 0 saturated heterocycles. The summed E-state index contributed by atoms with van der Waals surface area (Å²) in [6.45, 7) is 0. The lowest BCUT2D eigenvalue weighted by Gasteiger charge is -2.05. The number of ether oxygens (including phenoxy) is 1. The van der Waals surface area contributed by atoms with E-state index in [1.807, 2.05) is 0 Å². The fraction of sp³-hybridized carbons (Fsp3) is 0.182. The third kappa shape index (κ3) is 1.60. The van der Waals surface area contributed by atoms with E-state index in [-0.39, 0.29) is 5.75 Å². The molecule has 0 spiro atoms. The summed E-state index contributed by atoms with van der Waals surface area (Å²) in [5.74, 6) is 0.956. The quantitative estimate of drug-likeness (QED) is 0.841. The maximum absolute atomic E-state index is 13.5. The highest BCUT2D eigenvalue weighted by Gasteiger charge is 2.09. The highest BCUT2D eigenvalue weighted by Crippen LogP contribution is 2.25. The average Bonchev–Trinajstić information content (AvgIpc) is 2.60. The predicted octanol–water partition coefficient (Wildman–Crippen LogP) is 1.82. The molecule has 0 amide bonds. The van der Waals surface area contributed by atoms with Gasteiger partial charge in [-0.2, -0.15) is 0 Å². The maximum atomic E-state index is 13.5. The Balaban J connectivity index is 2.49. The van der Waals surface area contributed by atoms with Crippen LogP contribution in [0.5, 0.6) is 5.75 Å². The van der Waals surface area contributed by atoms with Crippen LogP contribution in [-0.2, 0) is 7.05 Å². The summed E-state index contributed by atoms with van der Waals surface area (Å²) < 4.78 is 20.0. The molecule has 0 fully saturated rings. The molecule has 2 N–H and O–H groups in total. The number of benzene rings is 1. The first-order valence-corrected chi connectivity index (χ1v) is 4.74. The van der Waals surface area contributed by atoms with E-state index in [0.29, 0.717) is 17.2 Å². The first-order valence-electron chi connectivity index (χ1n) is 4.74. The number of aromatic nitrogens is 2. The van der Waals surface area contributed by atoms with E-state index in [4.69, 9.17) is 10.5 Å². The number of nitrogens with zero attached hydrogens (tertiary/aromatic N) is 2. The molecule has 0 saturated carbocycles. The number of hydrogen-bond acceptors (Lipinski definition) is 3. The van der Waals surface area contributed by atoms with Crippen molar-refractivity contribution >= 4 is 5.82 Å². The Hall–Kier alpha value is -2.04. The molecule has 1 aromatic heterocycles.